The minimum absolute atomic E-state index is 0.130. The minimum atomic E-state index is -4.85. The Morgan fingerprint density at radius 3 is 2.50 bits per heavy atom. The summed E-state index contributed by atoms with van der Waals surface area (Å²) in [6.45, 7) is 1.84. The van der Waals surface area contributed by atoms with Gasteiger partial charge in [-0.15, -0.1) is 23.4 Å². The lowest BCUT2D eigenvalue weighted by Gasteiger charge is -2.23. The Balaban J connectivity index is 1.55. The van der Waals surface area contributed by atoms with Gasteiger partial charge in [-0.05, 0) is 47.9 Å². The van der Waals surface area contributed by atoms with Crippen molar-refractivity contribution in [3.05, 3.63) is 42.7 Å². The summed E-state index contributed by atoms with van der Waals surface area (Å²) >= 11 is 0. The molecule has 1 aliphatic carbocycles. The molecule has 5 rings (SSSR count). The number of pyridine rings is 1. The highest BCUT2D eigenvalue weighted by atomic mass is 19.4. The van der Waals surface area contributed by atoms with Gasteiger partial charge in [0, 0.05) is 12.4 Å². The van der Waals surface area contributed by atoms with Crippen LogP contribution >= 0.6 is 0 Å². The van der Waals surface area contributed by atoms with E-state index in [4.69, 9.17) is 0 Å². The maximum atomic E-state index is 13.5. The number of nitrogens with zero attached hydrogens (tertiary/aromatic N) is 6. The number of halogens is 3. The quantitative estimate of drug-likeness (QED) is 0.614. The van der Waals surface area contributed by atoms with Crippen LogP contribution in [0.1, 0.15) is 13.3 Å². The van der Waals surface area contributed by atoms with Crippen LogP contribution < -0.4 is 14.5 Å². The highest BCUT2D eigenvalue weighted by molar-refractivity contribution is 6.32. The maximum absolute atomic E-state index is 13.5. The summed E-state index contributed by atoms with van der Waals surface area (Å²) < 4.78 is 41.2. The van der Waals surface area contributed by atoms with E-state index in [0.29, 0.717) is 17.7 Å². The molecule has 3 heterocycles. The number of amides is 3. The van der Waals surface area contributed by atoms with Crippen molar-refractivity contribution < 1.29 is 27.5 Å². The second-order valence-electron chi connectivity index (χ2n) is 7.46. The predicted octanol–water partition coefficient (Wildman–Crippen LogP) is 2.91. The van der Waals surface area contributed by atoms with Gasteiger partial charge in [0.25, 0.3) is 5.91 Å². The van der Waals surface area contributed by atoms with Gasteiger partial charge in [-0.2, -0.15) is 5.21 Å². The van der Waals surface area contributed by atoms with E-state index in [9.17, 15) is 22.8 Å². The number of carbonyl (C=O) groups excluding carboxylic acids is 2. The number of tetrazole rings is 1. The molecule has 1 saturated heterocycles. The monoisotopic (exact) mass is 445 g/mol. The number of hydrogen-bond acceptors (Lipinski definition) is 7. The first-order chi connectivity index (χ1) is 15.2. The van der Waals surface area contributed by atoms with Crippen LogP contribution in [0, 0.1) is 5.92 Å². The van der Waals surface area contributed by atoms with Crippen molar-refractivity contribution >= 4 is 23.3 Å². The minimum Gasteiger partial charge on any atom is -0.406 e. The Bertz CT molecular complexity index is 1200. The molecule has 1 spiro atoms. The molecule has 0 bridgehead atoms. The first-order valence-electron chi connectivity index (χ1n) is 9.45. The fourth-order valence-corrected chi connectivity index (χ4v) is 4.04. The van der Waals surface area contributed by atoms with Gasteiger partial charge >= 0.3 is 12.4 Å². The Morgan fingerprint density at radius 2 is 1.91 bits per heavy atom. The van der Waals surface area contributed by atoms with Crippen LogP contribution in [0.5, 0.6) is 5.75 Å². The van der Waals surface area contributed by atoms with Crippen molar-refractivity contribution in [2.75, 3.05) is 9.80 Å². The summed E-state index contributed by atoms with van der Waals surface area (Å²) in [6.07, 6.45) is -1.48. The lowest BCUT2D eigenvalue weighted by molar-refractivity contribution is -0.274. The van der Waals surface area contributed by atoms with Crippen LogP contribution in [0.2, 0.25) is 0 Å². The van der Waals surface area contributed by atoms with Gasteiger partial charge in [0.2, 0.25) is 5.82 Å². The molecule has 2 aliphatic rings. The number of nitrogens with one attached hydrogen (secondary N) is 1. The summed E-state index contributed by atoms with van der Waals surface area (Å²) in [7, 11) is 0. The van der Waals surface area contributed by atoms with Crippen molar-refractivity contribution in [1.82, 2.24) is 25.6 Å². The fraction of sp³-hybridized carbons (Fsp3) is 0.263. The van der Waals surface area contributed by atoms with Gasteiger partial charge in [0.1, 0.15) is 11.3 Å². The van der Waals surface area contributed by atoms with Crippen LogP contribution in [0.25, 0.3) is 11.4 Å². The molecule has 13 heteroatoms. The number of carbonyl (C=O) groups is 2. The van der Waals surface area contributed by atoms with Gasteiger partial charge < -0.3 is 4.74 Å². The van der Waals surface area contributed by atoms with Crippen LogP contribution in [0.15, 0.2) is 42.7 Å². The third kappa shape index (κ3) is 2.96. The third-order valence-corrected chi connectivity index (χ3v) is 5.58. The molecule has 10 nitrogen and oxygen atoms in total. The Hall–Kier alpha value is -4.03. The number of anilines is 2. The van der Waals surface area contributed by atoms with E-state index in [2.05, 4.69) is 30.3 Å². The molecule has 1 aromatic carbocycles. The van der Waals surface area contributed by atoms with Crippen molar-refractivity contribution in [2.45, 2.75) is 25.2 Å². The molecule has 2 aromatic heterocycles. The van der Waals surface area contributed by atoms with E-state index in [0.717, 1.165) is 17.0 Å². The third-order valence-electron chi connectivity index (χ3n) is 5.58. The van der Waals surface area contributed by atoms with Crippen molar-refractivity contribution in [3.63, 3.8) is 0 Å². The Morgan fingerprint density at radius 1 is 1.19 bits per heavy atom. The van der Waals surface area contributed by atoms with Crippen LogP contribution in [0.4, 0.5) is 29.3 Å². The number of aromatic nitrogens is 5. The normalized spacial score (nSPS) is 22.7. The molecular formula is C19H14F3N7O3. The molecule has 2 unspecified atom stereocenters. The van der Waals surface area contributed by atoms with Gasteiger partial charge in [-0.25, -0.2) is 9.69 Å². The second kappa shape index (κ2) is 6.73. The summed E-state index contributed by atoms with van der Waals surface area (Å²) in [4.78, 5) is 33.3. The summed E-state index contributed by atoms with van der Waals surface area (Å²) in [5.74, 6) is -0.859. The zero-order valence-electron chi connectivity index (χ0n) is 16.4. The SMILES string of the molecule is CC1CC12C(=O)N(c1ccc(OC(F)(F)F)cc1)C(=O)N2c1ccncc1-c1nn[nH]n1. The number of imide groups is 1. The first-order valence-corrected chi connectivity index (χ1v) is 9.45. The number of rotatable bonds is 4. The van der Waals surface area contributed by atoms with Crippen molar-refractivity contribution in [2.24, 2.45) is 5.92 Å². The van der Waals surface area contributed by atoms with E-state index in [1.54, 1.807) is 6.07 Å². The molecule has 3 amide bonds. The summed E-state index contributed by atoms with van der Waals surface area (Å²) in [5.41, 5.74) is -0.205. The highest BCUT2D eigenvalue weighted by Crippen LogP contribution is 2.56. The number of alkyl halides is 3. The molecule has 2 fully saturated rings. The van der Waals surface area contributed by atoms with E-state index in [1.165, 1.54) is 29.4 Å². The van der Waals surface area contributed by atoms with Crippen LogP contribution in [0.3, 0.4) is 0 Å². The Labute approximate surface area is 178 Å². The summed E-state index contributed by atoms with van der Waals surface area (Å²) in [5, 5.41) is 13.7. The van der Waals surface area contributed by atoms with Gasteiger partial charge in [0.15, 0.2) is 0 Å². The number of ether oxygens (including phenoxy) is 1. The molecule has 0 radical (unpaired) electrons. The number of aromatic amines is 1. The lowest BCUT2D eigenvalue weighted by Crippen LogP contribution is -2.39. The van der Waals surface area contributed by atoms with Gasteiger partial charge in [-0.1, -0.05) is 6.92 Å². The maximum Gasteiger partial charge on any atom is 0.573 e. The summed E-state index contributed by atoms with van der Waals surface area (Å²) in [6, 6.07) is 5.49. The molecule has 164 valence electrons. The highest BCUT2D eigenvalue weighted by Gasteiger charge is 2.70. The van der Waals surface area contributed by atoms with E-state index in [1.807, 2.05) is 6.92 Å². The molecule has 1 aliphatic heterocycles. The molecule has 32 heavy (non-hydrogen) atoms. The largest absolute Gasteiger partial charge is 0.573 e. The van der Waals surface area contributed by atoms with E-state index >= 15 is 0 Å². The Kier molecular flexibility index (Phi) is 4.19. The van der Waals surface area contributed by atoms with Crippen LogP contribution in [-0.2, 0) is 4.79 Å². The van der Waals surface area contributed by atoms with Gasteiger partial charge in [0.05, 0.1) is 16.9 Å². The van der Waals surface area contributed by atoms with E-state index < -0.39 is 29.6 Å². The fourth-order valence-electron chi connectivity index (χ4n) is 4.04. The predicted molar refractivity (Wildman–Crippen MR) is 102 cm³/mol. The number of H-pyrrole nitrogens is 1. The number of urea groups is 1. The number of benzene rings is 1. The number of hydrogen-bond donors (Lipinski definition) is 1. The topological polar surface area (TPSA) is 117 Å². The average Bonchev–Trinajstić information content (AvgIpc) is 3.09. The molecule has 1 saturated carbocycles. The first kappa shape index (κ1) is 19.9. The lowest BCUT2D eigenvalue weighted by atomic mass is 10.1. The molecule has 2 atom stereocenters. The average molecular weight is 445 g/mol. The molecule has 1 N–H and O–H groups in total. The van der Waals surface area contributed by atoms with E-state index in [-0.39, 0.29) is 17.4 Å². The second-order valence-corrected chi connectivity index (χ2v) is 7.46. The zero-order valence-corrected chi connectivity index (χ0v) is 16.4. The molecular weight excluding hydrogens is 431 g/mol. The zero-order chi connectivity index (χ0) is 22.7. The smallest absolute Gasteiger partial charge is 0.406 e. The standard InChI is InChI=1S/C19H14F3N7O3/c1-10-8-18(10)16(30)28(11-2-4-12(5-3-11)32-19(20,21)22)17(31)29(18)14-6-7-23-9-13(14)15-24-26-27-25-15/h2-7,9-10H,8H2,1H3,(H,24,25,26,27). The molecule has 3 aromatic rings. The van der Waals surface area contributed by atoms with Crippen LogP contribution in [-0.4, -0.2) is 49.4 Å². The van der Waals surface area contributed by atoms with Gasteiger partial charge in [-0.3, -0.25) is 14.7 Å². The van der Waals surface area contributed by atoms with Crippen molar-refractivity contribution in [1.29, 1.82) is 0 Å². The van der Waals surface area contributed by atoms with Crippen molar-refractivity contribution in [3.8, 4) is 17.1 Å².